The van der Waals surface area contributed by atoms with Crippen molar-refractivity contribution in [2.24, 2.45) is 5.73 Å². The fraction of sp³-hybridized carbons (Fsp3) is 0.333. The second kappa shape index (κ2) is 4.76. The zero-order valence-electron chi connectivity index (χ0n) is 10.7. The van der Waals surface area contributed by atoms with E-state index in [0.717, 1.165) is 23.5 Å². The normalized spacial score (nSPS) is 12.7. The highest BCUT2D eigenvalue weighted by Gasteiger charge is 2.17. The average molecular weight is 229 g/mol. The van der Waals surface area contributed by atoms with Gasteiger partial charge in [0.15, 0.2) is 0 Å². The fourth-order valence-electron chi connectivity index (χ4n) is 2.32. The summed E-state index contributed by atoms with van der Waals surface area (Å²) < 4.78 is 5.62. The van der Waals surface area contributed by atoms with Crippen LogP contribution in [0.1, 0.15) is 34.3 Å². The Bertz CT molecular complexity index is 499. The van der Waals surface area contributed by atoms with Crippen molar-refractivity contribution < 1.29 is 4.42 Å². The topological polar surface area (TPSA) is 39.2 Å². The van der Waals surface area contributed by atoms with Crippen molar-refractivity contribution in [1.29, 1.82) is 0 Å². The van der Waals surface area contributed by atoms with Crippen molar-refractivity contribution in [3.63, 3.8) is 0 Å². The third-order valence-corrected chi connectivity index (χ3v) is 3.29. The van der Waals surface area contributed by atoms with E-state index in [1.54, 1.807) is 0 Å². The first-order chi connectivity index (χ1) is 8.09. The minimum absolute atomic E-state index is 0.00912. The Morgan fingerprint density at radius 1 is 1.06 bits per heavy atom. The van der Waals surface area contributed by atoms with E-state index < -0.39 is 0 Å². The summed E-state index contributed by atoms with van der Waals surface area (Å²) in [5.41, 5.74) is 9.89. The molecule has 0 fully saturated rings. The van der Waals surface area contributed by atoms with Crippen molar-refractivity contribution >= 4 is 0 Å². The first kappa shape index (κ1) is 11.9. The van der Waals surface area contributed by atoms with Crippen molar-refractivity contribution in [3.05, 3.63) is 58.5 Å². The molecule has 2 heteroatoms. The second-order valence-electron chi connectivity index (χ2n) is 4.55. The maximum absolute atomic E-state index is 6.28. The van der Waals surface area contributed by atoms with Crippen LogP contribution in [-0.2, 0) is 6.42 Å². The minimum atomic E-state index is 0.00912. The summed E-state index contributed by atoms with van der Waals surface area (Å²) in [5.74, 6) is 1.92. The molecule has 1 unspecified atom stereocenters. The predicted molar refractivity (Wildman–Crippen MR) is 70.0 cm³/mol. The SMILES string of the molecule is Cc1oc(C)c(C(N)Cc2ccccc2)c1C. The van der Waals surface area contributed by atoms with Gasteiger partial charge < -0.3 is 10.2 Å². The van der Waals surface area contributed by atoms with Gasteiger partial charge in [-0.2, -0.15) is 0 Å². The van der Waals surface area contributed by atoms with E-state index in [9.17, 15) is 0 Å². The summed E-state index contributed by atoms with van der Waals surface area (Å²) in [5, 5.41) is 0. The van der Waals surface area contributed by atoms with Crippen molar-refractivity contribution in [2.45, 2.75) is 33.2 Å². The Hall–Kier alpha value is -1.54. The quantitative estimate of drug-likeness (QED) is 0.875. The Balaban J connectivity index is 2.23. The van der Waals surface area contributed by atoms with Gasteiger partial charge in [0.1, 0.15) is 11.5 Å². The van der Waals surface area contributed by atoms with Gasteiger partial charge in [-0.05, 0) is 38.3 Å². The molecule has 0 amide bonds. The summed E-state index contributed by atoms with van der Waals surface area (Å²) in [6.45, 7) is 6.05. The number of hydrogen-bond donors (Lipinski definition) is 1. The van der Waals surface area contributed by atoms with Gasteiger partial charge in [-0.25, -0.2) is 0 Å². The van der Waals surface area contributed by atoms with Crippen molar-refractivity contribution in [1.82, 2.24) is 0 Å². The van der Waals surface area contributed by atoms with E-state index in [2.05, 4.69) is 19.1 Å². The van der Waals surface area contributed by atoms with Gasteiger partial charge in [-0.3, -0.25) is 0 Å². The molecule has 1 atom stereocenters. The molecule has 1 aromatic carbocycles. The van der Waals surface area contributed by atoms with E-state index in [0.29, 0.717) is 0 Å². The Morgan fingerprint density at radius 3 is 2.24 bits per heavy atom. The van der Waals surface area contributed by atoms with Crippen LogP contribution in [0.25, 0.3) is 0 Å². The van der Waals surface area contributed by atoms with Crippen molar-refractivity contribution in [2.75, 3.05) is 0 Å². The third-order valence-electron chi connectivity index (χ3n) is 3.29. The van der Waals surface area contributed by atoms with E-state index >= 15 is 0 Å². The van der Waals surface area contributed by atoms with Gasteiger partial charge in [0.2, 0.25) is 0 Å². The highest BCUT2D eigenvalue weighted by molar-refractivity contribution is 5.35. The van der Waals surface area contributed by atoms with Crippen LogP contribution >= 0.6 is 0 Å². The monoisotopic (exact) mass is 229 g/mol. The molecule has 0 aliphatic carbocycles. The zero-order chi connectivity index (χ0) is 12.4. The van der Waals surface area contributed by atoms with Crippen LogP contribution in [0.15, 0.2) is 34.7 Å². The number of benzene rings is 1. The summed E-state index contributed by atoms with van der Waals surface area (Å²) in [7, 11) is 0. The van der Waals surface area contributed by atoms with Crippen LogP contribution in [0, 0.1) is 20.8 Å². The van der Waals surface area contributed by atoms with E-state index in [4.69, 9.17) is 10.2 Å². The Morgan fingerprint density at radius 2 is 1.71 bits per heavy atom. The molecule has 0 spiro atoms. The maximum Gasteiger partial charge on any atom is 0.106 e. The van der Waals surface area contributed by atoms with Gasteiger partial charge in [-0.15, -0.1) is 0 Å². The van der Waals surface area contributed by atoms with Crippen LogP contribution in [0.5, 0.6) is 0 Å². The van der Waals surface area contributed by atoms with Crippen LogP contribution in [0.3, 0.4) is 0 Å². The molecular formula is C15H19NO. The number of aryl methyl sites for hydroxylation is 2. The minimum Gasteiger partial charge on any atom is -0.466 e. The number of rotatable bonds is 3. The number of furan rings is 1. The average Bonchev–Trinajstić information content (AvgIpc) is 2.54. The molecule has 0 saturated heterocycles. The molecule has 2 N–H and O–H groups in total. The molecule has 0 saturated carbocycles. The Labute approximate surface area is 102 Å². The predicted octanol–water partition coefficient (Wildman–Crippen LogP) is 3.45. The van der Waals surface area contributed by atoms with Gasteiger partial charge >= 0.3 is 0 Å². The van der Waals surface area contributed by atoms with E-state index in [-0.39, 0.29) is 6.04 Å². The second-order valence-corrected chi connectivity index (χ2v) is 4.55. The summed E-state index contributed by atoms with van der Waals surface area (Å²) in [6.07, 6.45) is 0.849. The summed E-state index contributed by atoms with van der Waals surface area (Å²) in [4.78, 5) is 0. The first-order valence-corrected chi connectivity index (χ1v) is 5.95. The molecule has 2 aromatic rings. The van der Waals surface area contributed by atoms with Crippen LogP contribution < -0.4 is 5.73 Å². The van der Waals surface area contributed by atoms with Gasteiger partial charge in [-0.1, -0.05) is 30.3 Å². The van der Waals surface area contributed by atoms with Crippen LogP contribution in [0.4, 0.5) is 0 Å². The van der Waals surface area contributed by atoms with E-state index in [1.165, 1.54) is 11.1 Å². The molecule has 0 radical (unpaired) electrons. The Kier molecular flexibility index (Phi) is 3.34. The number of nitrogens with two attached hydrogens (primary N) is 1. The maximum atomic E-state index is 6.28. The van der Waals surface area contributed by atoms with Crippen LogP contribution in [-0.4, -0.2) is 0 Å². The first-order valence-electron chi connectivity index (χ1n) is 5.95. The van der Waals surface area contributed by atoms with Gasteiger partial charge in [0, 0.05) is 11.6 Å². The molecule has 1 heterocycles. The molecule has 17 heavy (non-hydrogen) atoms. The largest absolute Gasteiger partial charge is 0.466 e. The molecule has 90 valence electrons. The lowest BCUT2D eigenvalue weighted by atomic mass is 9.97. The van der Waals surface area contributed by atoms with Crippen molar-refractivity contribution in [3.8, 4) is 0 Å². The lowest BCUT2D eigenvalue weighted by molar-refractivity contribution is 0.496. The standard InChI is InChI=1S/C15H19NO/c1-10-11(2)17-12(3)15(10)14(16)9-13-7-5-4-6-8-13/h4-8,14H,9,16H2,1-3H3. The lowest BCUT2D eigenvalue weighted by Crippen LogP contribution is -2.14. The molecule has 0 bridgehead atoms. The smallest absolute Gasteiger partial charge is 0.106 e. The van der Waals surface area contributed by atoms with Gasteiger partial charge in [0.05, 0.1) is 0 Å². The molecule has 0 aliphatic rings. The number of hydrogen-bond acceptors (Lipinski definition) is 2. The zero-order valence-corrected chi connectivity index (χ0v) is 10.7. The fourth-order valence-corrected chi connectivity index (χ4v) is 2.32. The van der Waals surface area contributed by atoms with Crippen LogP contribution in [0.2, 0.25) is 0 Å². The molecule has 2 rings (SSSR count). The molecular weight excluding hydrogens is 210 g/mol. The van der Waals surface area contributed by atoms with E-state index in [1.807, 2.05) is 32.0 Å². The third kappa shape index (κ3) is 2.42. The highest BCUT2D eigenvalue weighted by atomic mass is 16.3. The molecule has 0 aliphatic heterocycles. The highest BCUT2D eigenvalue weighted by Crippen LogP contribution is 2.27. The molecule has 1 aromatic heterocycles. The van der Waals surface area contributed by atoms with Gasteiger partial charge in [0.25, 0.3) is 0 Å². The summed E-state index contributed by atoms with van der Waals surface area (Å²) in [6, 6.07) is 10.3. The molecule has 2 nitrogen and oxygen atoms in total. The summed E-state index contributed by atoms with van der Waals surface area (Å²) >= 11 is 0. The lowest BCUT2D eigenvalue weighted by Gasteiger charge is -2.12.